The third kappa shape index (κ3) is 4.39. The highest BCUT2D eigenvalue weighted by Gasteiger charge is 2.07. The molecule has 3 aromatic rings. The van der Waals surface area contributed by atoms with Crippen molar-refractivity contribution in [2.24, 2.45) is 7.05 Å². The van der Waals surface area contributed by atoms with Gasteiger partial charge in [-0.25, -0.2) is 0 Å². The monoisotopic (exact) mass is 355 g/mol. The van der Waals surface area contributed by atoms with Gasteiger partial charge in [-0.3, -0.25) is 9.48 Å². The standard InChI is InChI=1S/C19H18ClN3O2/c1-23-16(10-11-22-23)12-21-19(24)15-8-6-14(7-9-15)13-25-18-5-3-2-4-17(18)20/h2-11H,12-13H2,1H3,(H,21,24). The van der Waals surface area contributed by atoms with Crippen molar-refractivity contribution in [3.63, 3.8) is 0 Å². The normalized spacial score (nSPS) is 10.5. The molecule has 0 unspecified atom stereocenters. The van der Waals surface area contributed by atoms with E-state index >= 15 is 0 Å². The molecule has 1 N–H and O–H groups in total. The van der Waals surface area contributed by atoms with Gasteiger partial charge in [0.1, 0.15) is 12.4 Å². The highest BCUT2D eigenvalue weighted by Crippen LogP contribution is 2.24. The average Bonchev–Trinajstić information content (AvgIpc) is 3.04. The van der Waals surface area contributed by atoms with Gasteiger partial charge in [0.05, 0.1) is 17.3 Å². The Bertz CT molecular complexity index is 859. The second-order valence-electron chi connectivity index (χ2n) is 5.54. The van der Waals surface area contributed by atoms with Gasteiger partial charge in [-0.1, -0.05) is 35.9 Å². The van der Waals surface area contributed by atoms with Gasteiger partial charge >= 0.3 is 0 Å². The van der Waals surface area contributed by atoms with E-state index in [4.69, 9.17) is 16.3 Å². The predicted molar refractivity (Wildman–Crippen MR) is 96.6 cm³/mol. The van der Waals surface area contributed by atoms with Crippen LogP contribution in [0.5, 0.6) is 5.75 Å². The van der Waals surface area contributed by atoms with Crippen LogP contribution in [0.3, 0.4) is 0 Å². The molecule has 1 heterocycles. The molecule has 0 aliphatic heterocycles. The molecule has 128 valence electrons. The van der Waals surface area contributed by atoms with Gasteiger partial charge in [-0.2, -0.15) is 5.10 Å². The topological polar surface area (TPSA) is 56.2 Å². The van der Waals surface area contributed by atoms with E-state index in [2.05, 4.69) is 10.4 Å². The first-order chi connectivity index (χ1) is 12.1. The number of carbonyl (C=O) groups is 1. The molecule has 0 bridgehead atoms. The van der Waals surface area contributed by atoms with Crippen molar-refractivity contribution in [3.05, 3.63) is 82.6 Å². The molecular formula is C19H18ClN3O2. The lowest BCUT2D eigenvalue weighted by atomic mass is 10.1. The number of amides is 1. The lowest BCUT2D eigenvalue weighted by Crippen LogP contribution is -2.24. The van der Waals surface area contributed by atoms with Crippen LogP contribution < -0.4 is 10.1 Å². The Hall–Kier alpha value is -2.79. The molecule has 1 aromatic heterocycles. The van der Waals surface area contributed by atoms with Crippen LogP contribution in [-0.2, 0) is 20.2 Å². The van der Waals surface area contributed by atoms with E-state index in [1.165, 1.54) is 0 Å². The van der Waals surface area contributed by atoms with E-state index in [-0.39, 0.29) is 5.91 Å². The minimum Gasteiger partial charge on any atom is -0.487 e. The van der Waals surface area contributed by atoms with Crippen LogP contribution in [0.25, 0.3) is 0 Å². The Morgan fingerprint density at radius 1 is 1.16 bits per heavy atom. The Morgan fingerprint density at radius 3 is 2.60 bits per heavy atom. The summed E-state index contributed by atoms with van der Waals surface area (Å²) >= 11 is 6.06. The van der Waals surface area contributed by atoms with Crippen LogP contribution in [0, 0.1) is 0 Å². The number of para-hydroxylation sites is 1. The van der Waals surface area contributed by atoms with Crippen molar-refractivity contribution in [2.45, 2.75) is 13.2 Å². The van der Waals surface area contributed by atoms with Crippen LogP contribution in [-0.4, -0.2) is 15.7 Å². The van der Waals surface area contributed by atoms with Gasteiger partial charge in [-0.15, -0.1) is 0 Å². The van der Waals surface area contributed by atoms with E-state index in [9.17, 15) is 4.79 Å². The molecule has 0 aliphatic carbocycles. The fraction of sp³-hybridized carbons (Fsp3) is 0.158. The molecule has 0 aliphatic rings. The molecule has 25 heavy (non-hydrogen) atoms. The molecule has 0 saturated carbocycles. The Morgan fingerprint density at radius 2 is 1.92 bits per heavy atom. The van der Waals surface area contributed by atoms with E-state index in [0.717, 1.165) is 11.3 Å². The number of aryl methyl sites for hydroxylation is 1. The summed E-state index contributed by atoms with van der Waals surface area (Å²) < 4.78 is 7.42. The zero-order chi connectivity index (χ0) is 17.6. The summed E-state index contributed by atoms with van der Waals surface area (Å²) in [5.41, 5.74) is 2.50. The highest BCUT2D eigenvalue weighted by molar-refractivity contribution is 6.32. The highest BCUT2D eigenvalue weighted by atomic mass is 35.5. The maximum absolute atomic E-state index is 12.2. The summed E-state index contributed by atoms with van der Waals surface area (Å²) in [5.74, 6) is 0.516. The zero-order valence-corrected chi connectivity index (χ0v) is 14.5. The van der Waals surface area contributed by atoms with Crippen molar-refractivity contribution >= 4 is 17.5 Å². The minimum absolute atomic E-state index is 0.125. The van der Waals surface area contributed by atoms with Crippen LogP contribution in [0.1, 0.15) is 21.6 Å². The second kappa shape index (κ2) is 7.85. The molecule has 0 fully saturated rings. The van der Waals surface area contributed by atoms with Gasteiger partial charge in [0.25, 0.3) is 5.91 Å². The molecule has 0 radical (unpaired) electrons. The summed E-state index contributed by atoms with van der Waals surface area (Å²) in [4.78, 5) is 12.2. The van der Waals surface area contributed by atoms with E-state index in [1.807, 2.05) is 43.4 Å². The van der Waals surface area contributed by atoms with E-state index in [0.29, 0.717) is 29.5 Å². The quantitative estimate of drug-likeness (QED) is 0.735. The maximum atomic E-state index is 12.2. The Kier molecular flexibility index (Phi) is 5.36. The molecular weight excluding hydrogens is 338 g/mol. The lowest BCUT2D eigenvalue weighted by Gasteiger charge is -2.09. The van der Waals surface area contributed by atoms with Crippen molar-refractivity contribution in [1.29, 1.82) is 0 Å². The number of hydrogen-bond donors (Lipinski definition) is 1. The summed E-state index contributed by atoms with van der Waals surface area (Å²) in [6, 6.07) is 16.5. The fourth-order valence-electron chi connectivity index (χ4n) is 2.32. The van der Waals surface area contributed by atoms with Gasteiger partial charge in [0.2, 0.25) is 0 Å². The smallest absolute Gasteiger partial charge is 0.251 e. The first-order valence-corrected chi connectivity index (χ1v) is 8.22. The van der Waals surface area contributed by atoms with Crippen molar-refractivity contribution in [1.82, 2.24) is 15.1 Å². The predicted octanol–water partition coefficient (Wildman–Crippen LogP) is 3.58. The first-order valence-electron chi connectivity index (χ1n) is 7.85. The van der Waals surface area contributed by atoms with Crippen molar-refractivity contribution in [2.75, 3.05) is 0 Å². The van der Waals surface area contributed by atoms with Crippen LogP contribution in [0.15, 0.2) is 60.8 Å². The zero-order valence-electron chi connectivity index (χ0n) is 13.8. The maximum Gasteiger partial charge on any atom is 0.251 e. The molecule has 5 nitrogen and oxygen atoms in total. The Labute approximate surface area is 151 Å². The number of nitrogens with one attached hydrogen (secondary N) is 1. The van der Waals surface area contributed by atoms with Crippen molar-refractivity contribution < 1.29 is 9.53 Å². The molecule has 0 atom stereocenters. The molecule has 2 aromatic carbocycles. The minimum atomic E-state index is -0.125. The Balaban J connectivity index is 1.55. The lowest BCUT2D eigenvalue weighted by molar-refractivity contribution is 0.0950. The molecule has 0 saturated heterocycles. The van der Waals surface area contributed by atoms with Crippen LogP contribution in [0.4, 0.5) is 0 Å². The van der Waals surface area contributed by atoms with Gasteiger partial charge in [0, 0.05) is 18.8 Å². The number of hydrogen-bond acceptors (Lipinski definition) is 3. The van der Waals surface area contributed by atoms with E-state index < -0.39 is 0 Å². The number of aromatic nitrogens is 2. The van der Waals surface area contributed by atoms with Gasteiger partial charge in [0.15, 0.2) is 0 Å². The van der Waals surface area contributed by atoms with Gasteiger partial charge in [-0.05, 0) is 35.9 Å². The van der Waals surface area contributed by atoms with E-state index in [1.54, 1.807) is 29.1 Å². The molecule has 1 amide bonds. The summed E-state index contributed by atoms with van der Waals surface area (Å²) in [7, 11) is 1.84. The van der Waals surface area contributed by atoms with Crippen LogP contribution >= 0.6 is 11.6 Å². The first kappa shape index (κ1) is 17.0. The number of halogens is 1. The second-order valence-corrected chi connectivity index (χ2v) is 5.95. The van der Waals surface area contributed by atoms with Crippen molar-refractivity contribution in [3.8, 4) is 5.75 Å². The summed E-state index contributed by atoms with van der Waals surface area (Å²) in [6.45, 7) is 0.827. The number of nitrogens with zero attached hydrogens (tertiary/aromatic N) is 2. The average molecular weight is 356 g/mol. The number of ether oxygens (including phenoxy) is 1. The van der Waals surface area contributed by atoms with Gasteiger partial charge < -0.3 is 10.1 Å². The number of benzene rings is 2. The summed E-state index contributed by atoms with van der Waals surface area (Å²) in [5, 5.41) is 7.53. The largest absolute Gasteiger partial charge is 0.487 e. The third-order valence-corrected chi connectivity index (χ3v) is 4.11. The SMILES string of the molecule is Cn1nccc1CNC(=O)c1ccc(COc2ccccc2Cl)cc1. The fourth-order valence-corrected chi connectivity index (χ4v) is 2.51. The third-order valence-electron chi connectivity index (χ3n) is 3.80. The van der Waals surface area contributed by atoms with Crippen LogP contribution in [0.2, 0.25) is 5.02 Å². The number of rotatable bonds is 6. The summed E-state index contributed by atoms with van der Waals surface area (Å²) in [6.07, 6.45) is 1.70. The number of carbonyl (C=O) groups excluding carboxylic acids is 1. The molecule has 0 spiro atoms. The molecule has 3 rings (SSSR count). The molecule has 6 heteroatoms.